The fourth-order valence-corrected chi connectivity index (χ4v) is 3.24. The van der Waals surface area contributed by atoms with Crippen molar-refractivity contribution in [1.82, 2.24) is 19.8 Å². The molecule has 1 N–H and O–H groups in total. The standard InChI is InChI=1S/C17H27N5O2/c1-21-7-8-24-13-14(12-21)9-19-16-11-18-10-15(20-16)17(23)22-5-3-2-4-6-22/h10-11,14H,2-9,12-13H2,1H3,(H,19,20). The van der Waals surface area contributed by atoms with Crippen molar-refractivity contribution in [3.63, 3.8) is 0 Å². The molecule has 1 aromatic rings. The maximum Gasteiger partial charge on any atom is 0.274 e. The molecule has 3 heterocycles. The number of nitrogens with one attached hydrogen (secondary N) is 1. The second-order valence-electron chi connectivity index (χ2n) is 6.73. The molecule has 2 aliphatic rings. The van der Waals surface area contributed by atoms with E-state index in [1.165, 1.54) is 6.42 Å². The van der Waals surface area contributed by atoms with Crippen LogP contribution in [0.15, 0.2) is 12.4 Å². The highest BCUT2D eigenvalue weighted by molar-refractivity contribution is 5.92. The molecule has 1 amide bonds. The summed E-state index contributed by atoms with van der Waals surface area (Å²) in [7, 11) is 2.11. The van der Waals surface area contributed by atoms with Crippen LogP contribution in [0.1, 0.15) is 29.8 Å². The number of likely N-dealkylation sites (N-methyl/N-ethyl adjacent to an activating group) is 1. The van der Waals surface area contributed by atoms with Gasteiger partial charge in [-0.1, -0.05) is 0 Å². The molecule has 1 atom stereocenters. The van der Waals surface area contributed by atoms with Crippen LogP contribution in [0.3, 0.4) is 0 Å². The lowest BCUT2D eigenvalue weighted by Gasteiger charge is -2.26. The third-order valence-corrected chi connectivity index (χ3v) is 4.61. The molecule has 1 unspecified atom stereocenters. The third-order valence-electron chi connectivity index (χ3n) is 4.61. The summed E-state index contributed by atoms with van der Waals surface area (Å²) in [6.07, 6.45) is 6.59. The van der Waals surface area contributed by atoms with Crippen molar-refractivity contribution in [2.24, 2.45) is 5.92 Å². The van der Waals surface area contributed by atoms with E-state index in [0.29, 0.717) is 17.4 Å². The molecule has 0 radical (unpaired) electrons. The topological polar surface area (TPSA) is 70.6 Å². The maximum absolute atomic E-state index is 12.5. The van der Waals surface area contributed by atoms with Crippen LogP contribution in [0.4, 0.5) is 5.82 Å². The van der Waals surface area contributed by atoms with Crippen molar-refractivity contribution in [3.8, 4) is 0 Å². The fourth-order valence-electron chi connectivity index (χ4n) is 3.24. The number of likely N-dealkylation sites (tertiary alicyclic amines) is 1. The normalized spacial score (nSPS) is 22.9. The van der Waals surface area contributed by atoms with E-state index in [1.54, 1.807) is 12.4 Å². The van der Waals surface area contributed by atoms with Gasteiger partial charge in [0, 0.05) is 38.6 Å². The first-order valence-electron chi connectivity index (χ1n) is 8.84. The molecule has 1 aromatic heterocycles. The molecular weight excluding hydrogens is 306 g/mol. The van der Waals surface area contributed by atoms with Gasteiger partial charge in [-0.05, 0) is 26.3 Å². The lowest BCUT2D eigenvalue weighted by atomic mass is 10.1. The van der Waals surface area contributed by atoms with E-state index in [0.717, 1.165) is 58.8 Å². The largest absolute Gasteiger partial charge is 0.380 e. The summed E-state index contributed by atoms with van der Waals surface area (Å²) >= 11 is 0. The Morgan fingerprint density at radius 3 is 2.96 bits per heavy atom. The Morgan fingerprint density at radius 2 is 2.12 bits per heavy atom. The first-order valence-corrected chi connectivity index (χ1v) is 8.84. The van der Waals surface area contributed by atoms with Gasteiger partial charge in [0.15, 0.2) is 0 Å². The second-order valence-corrected chi connectivity index (χ2v) is 6.73. The summed E-state index contributed by atoms with van der Waals surface area (Å²) in [5, 5.41) is 3.31. The summed E-state index contributed by atoms with van der Waals surface area (Å²) < 4.78 is 5.63. The van der Waals surface area contributed by atoms with Gasteiger partial charge < -0.3 is 19.9 Å². The minimum absolute atomic E-state index is 0.0108. The van der Waals surface area contributed by atoms with Crippen LogP contribution in [0.5, 0.6) is 0 Å². The number of rotatable bonds is 4. The number of aromatic nitrogens is 2. The van der Waals surface area contributed by atoms with Crippen molar-refractivity contribution in [2.75, 3.05) is 58.3 Å². The number of amides is 1. The Morgan fingerprint density at radius 1 is 1.29 bits per heavy atom. The second kappa shape index (κ2) is 8.39. The van der Waals surface area contributed by atoms with Gasteiger partial charge in [0.25, 0.3) is 5.91 Å². The predicted molar refractivity (Wildman–Crippen MR) is 92.1 cm³/mol. The van der Waals surface area contributed by atoms with E-state index in [4.69, 9.17) is 4.74 Å². The van der Waals surface area contributed by atoms with Gasteiger partial charge in [-0.2, -0.15) is 0 Å². The highest BCUT2D eigenvalue weighted by Gasteiger charge is 2.20. The van der Waals surface area contributed by atoms with E-state index in [1.807, 2.05) is 4.90 Å². The summed E-state index contributed by atoms with van der Waals surface area (Å²) in [6.45, 7) is 5.90. The number of hydrogen-bond donors (Lipinski definition) is 1. The SMILES string of the molecule is CN1CCOCC(CNc2cncc(C(=O)N3CCCCC3)n2)C1. The molecule has 2 aliphatic heterocycles. The quantitative estimate of drug-likeness (QED) is 0.889. The molecule has 0 saturated carbocycles. The minimum atomic E-state index is -0.0108. The molecule has 3 rings (SSSR count). The average Bonchev–Trinajstić information content (AvgIpc) is 2.84. The van der Waals surface area contributed by atoms with Gasteiger partial charge in [-0.3, -0.25) is 9.78 Å². The highest BCUT2D eigenvalue weighted by Crippen LogP contribution is 2.13. The predicted octanol–water partition coefficient (Wildman–Crippen LogP) is 1.09. The van der Waals surface area contributed by atoms with Crippen LogP contribution in [0.25, 0.3) is 0 Å². The van der Waals surface area contributed by atoms with Gasteiger partial charge in [0.05, 0.1) is 25.6 Å². The first kappa shape index (κ1) is 17.1. The molecule has 0 spiro atoms. The zero-order valence-corrected chi connectivity index (χ0v) is 14.4. The highest BCUT2D eigenvalue weighted by atomic mass is 16.5. The maximum atomic E-state index is 12.5. The van der Waals surface area contributed by atoms with Crippen LogP contribution in [0, 0.1) is 5.92 Å². The summed E-state index contributed by atoms with van der Waals surface area (Å²) in [5.41, 5.74) is 0.427. The van der Waals surface area contributed by atoms with E-state index in [2.05, 4.69) is 27.2 Å². The number of anilines is 1. The fraction of sp³-hybridized carbons (Fsp3) is 0.706. The molecular formula is C17H27N5O2. The Balaban J connectivity index is 1.57. The Kier molecular flexibility index (Phi) is 5.98. The Hall–Kier alpha value is -1.73. The number of carbonyl (C=O) groups excluding carboxylic acids is 1. The number of carbonyl (C=O) groups is 1. The van der Waals surface area contributed by atoms with Gasteiger partial charge >= 0.3 is 0 Å². The van der Waals surface area contributed by atoms with Crippen molar-refractivity contribution >= 4 is 11.7 Å². The minimum Gasteiger partial charge on any atom is -0.380 e. The number of ether oxygens (including phenoxy) is 1. The van der Waals surface area contributed by atoms with Crippen LogP contribution >= 0.6 is 0 Å². The lowest BCUT2D eigenvalue weighted by molar-refractivity contribution is 0.0718. The van der Waals surface area contributed by atoms with E-state index in [9.17, 15) is 4.79 Å². The Labute approximate surface area is 143 Å². The van der Waals surface area contributed by atoms with Crippen molar-refractivity contribution in [1.29, 1.82) is 0 Å². The number of hydrogen-bond acceptors (Lipinski definition) is 6. The molecule has 132 valence electrons. The van der Waals surface area contributed by atoms with E-state index >= 15 is 0 Å². The molecule has 0 aromatic carbocycles. The molecule has 0 aliphatic carbocycles. The van der Waals surface area contributed by atoms with Crippen LogP contribution < -0.4 is 5.32 Å². The van der Waals surface area contributed by atoms with E-state index < -0.39 is 0 Å². The third kappa shape index (κ3) is 4.64. The van der Waals surface area contributed by atoms with Gasteiger partial charge in [0.1, 0.15) is 11.5 Å². The molecule has 24 heavy (non-hydrogen) atoms. The van der Waals surface area contributed by atoms with Crippen molar-refractivity contribution in [3.05, 3.63) is 18.1 Å². The summed E-state index contributed by atoms with van der Waals surface area (Å²) in [6, 6.07) is 0. The van der Waals surface area contributed by atoms with Gasteiger partial charge in [-0.25, -0.2) is 4.98 Å². The number of piperidine rings is 1. The molecule has 7 heteroatoms. The van der Waals surface area contributed by atoms with Crippen molar-refractivity contribution in [2.45, 2.75) is 19.3 Å². The van der Waals surface area contributed by atoms with Gasteiger partial charge in [-0.15, -0.1) is 0 Å². The van der Waals surface area contributed by atoms with Crippen LogP contribution in [0.2, 0.25) is 0 Å². The molecule has 0 bridgehead atoms. The van der Waals surface area contributed by atoms with Crippen molar-refractivity contribution < 1.29 is 9.53 Å². The van der Waals surface area contributed by atoms with Gasteiger partial charge in [0.2, 0.25) is 0 Å². The molecule has 2 saturated heterocycles. The first-order chi connectivity index (χ1) is 11.7. The summed E-state index contributed by atoms with van der Waals surface area (Å²) in [5.74, 6) is 1.05. The van der Waals surface area contributed by atoms with Crippen LogP contribution in [-0.4, -0.2) is 78.7 Å². The average molecular weight is 333 g/mol. The number of nitrogens with zero attached hydrogens (tertiary/aromatic N) is 4. The van der Waals surface area contributed by atoms with E-state index in [-0.39, 0.29) is 5.91 Å². The lowest BCUT2D eigenvalue weighted by Crippen LogP contribution is -2.36. The zero-order chi connectivity index (χ0) is 16.8. The monoisotopic (exact) mass is 333 g/mol. The molecule has 2 fully saturated rings. The Bertz CT molecular complexity index is 548. The summed E-state index contributed by atoms with van der Waals surface area (Å²) in [4.78, 5) is 25.3. The van der Waals surface area contributed by atoms with Crippen LogP contribution in [-0.2, 0) is 4.74 Å². The molecule has 7 nitrogen and oxygen atoms in total. The smallest absolute Gasteiger partial charge is 0.274 e. The zero-order valence-electron chi connectivity index (χ0n) is 14.4.